The molecule has 3 aromatic rings. The molecule has 0 N–H and O–H groups in total. The second kappa shape index (κ2) is 7.59. The first kappa shape index (κ1) is 20.1. The number of hydrogen-bond donors (Lipinski definition) is 0. The summed E-state index contributed by atoms with van der Waals surface area (Å²) in [5.41, 5.74) is 3.12. The molecule has 5 nitrogen and oxygen atoms in total. The van der Waals surface area contributed by atoms with Crippen LogP contribution in [0.3, 0.4) is 0 Å². The number of nitrogens with zero attached hydrogens (tertiary/aromatic N) is 3. The average Bonchev–Trinajstić information content (AvgIpc) is 3.15. The van der Waals surface area contributed by atoms with Gasteiger partial charge < -0.3 is 14.2 Å². The second-order valence-corrected chi connectivity index (χ2v) is 8.92. The zero-order valence-corrected chi connectivity index (χ0v) is 17.8. The van der Waals surface area contributed by atoms with Crippen molar-refractivity contribution in [3.63, 3.8) is 0 Å². The van der Waals surface area contributed by atoms with Gasteiger partial charge in [0.05, 0.1) is 18.1 Å². The van der Waals surface area contributed by atoms with E-state index in [-0.39, 0.29) is 17.1 Å². The normalized spacial score (nSPS) is 13.6. The smallest absolute Gasteiger partial charge is 0.291 e. The number of carbonyl (C=O) groups excluding carboxylic acids is 1. The van der Waals surface area contributed by atoms with Crippen molar-refractivity contribution in [2.24, 2.45) is 5.41 Å². The van der Waals surface area contributed by atoms with Crippen LogP contribution in [0.15, 0.2) is 48.5 Å². The lowest BCUT2D eigenvalue weighted by molar-refractivity contribution is 0.0703. The summed E-state index contributed by atoms with van der Waals surface area (Å²) in [6.45, 7) is 9.49. The minimum Gasteiger partial charge on any atom is -0.486 e. The van der Waals surface area contributed by atoms with E-state index in [0.717, 1.165) is 11.3 Å². The maximum Gasteiger partial charge on any atom is 0.291 e. The van der Waals surface area contributed by atoms with Gasteiger partial charge in [-0.1, -0.05) is 51.1 Å². The monoisotopic (exact) mass is 407 g/mol. The molecule has 0 radical (unpaired) electrons. The van der Waals surface area contributed by atoms with Crippen molar-refractivity contribution in [3.05, 3.63) is 71.4 Å². The molecule has 2 heterocycles. The molecule has 0 unspecified atom stereocenters. The number of halogens is 1. The van der Waals surface area contributed by atoms with E-state index < -0.39 is 5.82 Å². The van der Waals surface area contributed by atoms with E-state index in [1.807, 2.05) is 47.9 Å². The maximum absolute atomic E-state index is 14.8. The van der Waals surface area contributed by atoms with Crippen LogP contribution in [0.1, 0.15) is 42.6 Å². The highest BCUT2D eigenvalue weighted by Crippen LogP contribution is 2.33. The summed E-state index contributed by atoms with van der Waals surface area (Å²) in [6, 6.07) is 14.6. The molecular formula is C24H26FN3O2. The Morgan fingerprint density at radius 2 is 1.87 bits per heavy atom. The molecule has 1 aromatic heterocycles. The zero-order chi connectivity index (χ0) is 21.5. The first-order valence-corrected chi connectivity index (χ1v) is 10.1. The van der Waals surface area contributed by atoms with Crippen LogP contribution in [-0.4, -0.2) is 26.9 Å². The number of aryl methyl sites for hydroxylation is 1. The van der Waals surface area contributed by atoms with Crippen molar-refractivity contribution >= 4 is 5.91 Å². The van der Waals surface area contributed by atoms with Gasteiger partial charge >= 0.3 is 0 Å². The Kier molecular flexibility index (Phi) is 5.10. The summed E-state index contributed by atoms with van der Waals surface area (Å²) in [5, 5.41) is 0. The first-order valence-electron chi connectivity index (χ1n) is 10.1. The van der Waals surface area contributed by atoms with Crippen LogP contribution >= 0.6 is 0 Å². The molecule has 0 atom stereocenters. The summed E-state index contributed by atoms with van der Waals surface area (Å²) < 4.78 is 22.3. The zero-order valence-electron chi connectivity index (χ0n) is 17.8. The van der Waals surface area contributed by atoms with Crippen LogP contribution < -0.4 is 4.74 Å². The number of ether oxygens (including phenoxy) is 1. The predicted molar refractivity (Wildman–Crippen MR) is 114 cm³/mol. The van der Waals surface area contributed by atoms with Crippen molar-refractivity contribution in [1.29, 1.82) is 0 Å². The Bertz CT molecular complexity index is 1080. The first-order chi connectivity index (χ1) is 14.2. The van der Waals surface area contributed by atoms with Gasteiger partial charge in [-0.05, 0) is 36.1 Å². The number of rotatable bonds is 5. The fraction of sp³-hybridized carbons (Fsp3) is 0.333. The molecule has 2 aromatic carbocycles. The number of aromatic nitrogens is 2. The predicted octanol–water partition coefficient (Wildman–Crippen LogP) is 5.04. The Hall–Kier alpha value is -3.15. The number of amides is 1. The third-order valence-electron chi connectivity index (χ3n) is 5.04. The van der Waals surface area contributed by atoms with Gasteiger partial charge in [0.1, 0.15) is 6.61 Å². The van der Waals surface area contributed by atoms with Crippen LogP contribution in [0.25, 0.3) is 11.3 Å². The van der Waals surface area contributed by atoms with Gasteiger partial charge in [0.2, 0.25) is 5.82 Å². The van der Waals surface area contributed by atoms with Gasteiger partial charge in [0, 0.05) is 12.1 Å². The molecule has 6 heteroatoms. The fourth-order valence-corrected chi connectivity index (χ4v) is 3.81. The van der Waals surface area contributed by atoms with Gasteiger partial charge in [-0.25, -0.2) is 9.37 Å². The molecule has 1 aliphatic heterocycles. The number of fused-ring (bicyclic) bond motifs is 1. The van der Waals surface area contributed by atoms with Crippen LogP contribution in [0, 0.1) is 18.2 Å². The molecule has 0 saturated heterocycles. The largest absolute Gasteiger partial charge is 0.486 e. The van der Waals surface area contributed by atoms with E-state index in [1.54, 1.807) is 11.0 Å². The minimum atomic E-state index is -0.436. The Balaban J connectivity index is 1.58. The van der Waals surface area contributed by atoms with Crippen LogP contribution in [0.5, 0.6) is 5.75 Å². The molecular weight excluding hydrogens is 381 g/mol. The van der Waals surface area contributed by atoms with Crippen LogP contribution in [0.4, 0.5) is 4.39 Å². The van der Waals surface area contributed by atoms with E-state index in [0.29, 0.717) is 36.9 Å². The summed E-state index contributed by atoms with van der Waals surface area (Å²) in [5.74, 6) is 0.0974. The van der Waals surface area contributed by atoms with Gasteiger partial charge in [0.25, 0.3) is 5.91 Å². The topological polar surface area (TPSA) is 47.4 Å². The SMILES string of the molecule is Cc1nc2n(c1-c1ccc(OCc3ccccc3)c(F)c1)CN(CC(C)(C)C)C2=O. The summed E-state index contributed by atoms with van der Waals surface area (Å²) in [4.78, 5) is 19.0. The highest BCUT2D eigenvalue weighted by Gasteiger charge is 2.34. The lowest BCUT2D eigenvalue weighted by Crippen LogP contribution is -2.33. The average molecular weight is 407 g/mol. The van der Waals surface area contributed by atoms with E-state index >= 15 is 0 Å². The molecule has 1 amide bonds. The fourth-order valence-electron chi connectivity index (χ4n) is 3.81. The number of benzene rings is 2. The Morgan fingerprint density at radius 1 is 1.13 bits per heavy atom. The summed E-state index contributed by atoms with van der Waals surface area (Å²) in [7, 11) is 0. The van der Waals surface area contributed by atoms with Gasteiger partial charge in [-0.3, -0.25) is 4.79 Å². The van der Waals surface area contributed by atoms with E-state index in [1.165, 1.54) is 6.07 Å². The van der Waals surface area contributed by atoms with Gasteiger partial charge in [-0.15, -0.1) is 0 Å². The quantitative estimate of drug-likeness (QED) is 0.596. The second-order valence-electron chi connectivity index (χ2n) is 8.92. The summed E-state index contributed by atoms with van der Waals surface area (Å²) in [6.07, 6.45) is 0. The lowest BCUT2D eigenvalue weighted by atomic mass is 9.96. The molecule has 0 spiro atoms. The third kappa shape index (κ3) is 3.95. The molecule has 4 rings (SSSR count). The highest BCUT2D eigenvalue weighted by atomic mass is 19.1. The van der Waals surface area contributed by atoms with Gasteiger partial charge in [0.15, 0.2) is 11.6 Å². The van der Waals surface area contributed by atoms with Crippen molar-refractivity contribution in [1.82, 2.24) is 14.5 Å². The number of imidazole rings is 1. The third-order valence-corrected chi connectivity index (χ3v) is 5.04. The molecule has 0 aliphatic carbocycles. The molecule has 156 valence electrons. The molecule has 0 saturated carbocycles. The summed E-state index contributed by atoms with van der Waals surface area (Å²) >= 11 is 0. The maximum atomic E-state index is 14.8. The molecule has 1 aliphatic rings. The lowest BCUT2D eigenvalue weighted by Gasteiger charge is -2.26. The minimum absolute atomic E-state index is 0.0151. The van der Waals surface area contributed by atoms with Crippen LogP contribution in [-0.2, 0) is 13.3 Å². The van der Waals surface area contributed by atoms with Crippen molar-refractivity contribution in [3.8, 4) is 17.0 Å². The van der Waals surface area contributed by atoms with E-state index in [4.69, 9.17) is 4.74 Å². The van der Waals surface area contributed by atoms with E-state index in [9.17, 15) is 9.18 Å². The van der Waals surface area contributed by atoms with Crippen molar-refractivity contribution < 1.29 is 13.9 Å². The van der Waals surface area contributed by atoms with Crippen molar-refractivity contribution in [2.45, 2.75) is 41.0 Å². The number of hydrogen-bond acceptors (Lipinski definition) is 3. The Morgan fingerprint density at radius 3 is 2.53 bits per heavy atom. The van der Waals surface area contributed by atoms with Crippen molar-refractivity contribution in [2.75, 3.05) is 6.54 Å². The van der Waals surface area contributed by atoms with Gasteiger partial charge in [-0.2, -0.15) is 0 Å². The molecule has 0 bridgehead atoms. The number of carbonyl (C=O) groups is 1. The molecule has 30 heavy (non-hydrogen) atoms. The van der Waals surface area contributed by atoms with E-state index in [2.05, 4.69) is 25.8 Å². The molecule has 0 fully saturated rings. The standard InChI is InChI=1S/C24H26FN3O2/c1-16-21(28-15-27(14-24(2,3)4)23(29)22(28)26-16)18-10-11-20(19(25)12-18)30-13-17-8-6-5-7-9-17/h5-12H,13-15H2,1-4H3. The highest BCUT2D eigenvalue weighted by molar-refractivity contribution is 5.94. The Labute approximate surface area is 176 Å². The van der Waals surface area contributed by atoms with Crippen LogP contribution in [0.2, 0.25) is 0 Å².